The molecule has 0 bridgehead atoms. The zero-order valence-corrected chi connectivity index (χ0v) is 9.66. The fourth-order valence-electron chi connectivity index (χ4n) is 1.17. The van der Waals surface area contributed by atoms with E-state index in [0.29, 0.717) is 0 Å². The number of rotatable bonds is 5. The van der Waals surface area contributed by atoms with Crippen LogP contribution in [-0.4, -0.2) is 12.8 Å². The van der Waals surface area contributed by atoms with E-state index >= 15 is 0 Å². The van der Waals surface area contributed by atoms with Crippen LogP contribution in [-0.2, 0) is 0 Å². The van der Waals surface area contributed by atoms with Crippen LogP contribution in [0.1, 0.15) is 18.9 Å². The lowest BCUT2D eigenvalue weighted by molar-refractivity contribution is 0.824. The highest BCUT2D eigenvalue weighted by molar-refractivity contribution is 7.98. The van der Waals surface area contributed by atoms with Gasteiger partial charge >= 0.3 is 0 Å². The number of hydrogen-bond donors (Lipinski definition) is 1. The van der Waals surface area contributed by atoms with Gasteiger partial charge in [0.15, 0.2) is 0 Å². The smallest absolute Gasteiger partial charge is 0.0340 e. The summed E-state index contributed by atoms with van der Waals surface area (Å²) in [6.07, 6.45) is 3.21. The lowest BCUT2D eigenvalue weighted by atomic mass is 10.2. The van der Waals surface area contributed by atoms with Crippen molar-refractivity contribution < 1.29 is 0 Å². The topological polar surface area (TPSA) is 12.0 Å². The summed E-state index contributed by atoms with van der Waals surface area (Å²) < 4.78 is 0. The molecule has 0 atom stereocenters. The minimum Gasteiger partial charge on any atom is -0.385 e. The minimum atomic E-state index is 0.989. The third-order valence-electron chi connectivity index (χ3n) is 2.03. The predicted octanol–water partition coefficient (Wildman–Crippen LogP) is 3.38. The first-order valence-electron chi connectivity index (χ1n) is 4.85. The van der Waals surface area contributed by atoms with Crippen molar-refractivity contribution in [3.05, 3.63) is 36.4 Å². The van der Waals surface area contributed by atoms with Gasteiger partial charge < -0.3 is 5.32 Å². The van der Waals surface area contributed by atoms with Gasteiger partial charge in [-0.25, -0.2) is 0 Å². The second-order valence-electron chi connectivity index (χ2n) is 3.13. The first-order chi connectivity index (χ1) is 6.77. The van der Waals surface area contributed by atoms with E-state index in [4.69, 9.17) is 0 Å². The van der Waals surface area contributed by atoms with Crippen molar-refractivity contribution in [2.45, 2.75) is 18.2 Å². The minimum absolute atomic E-state index is 0.989. The Morgan fingerprint density at radius 3 is 2.50 bits per heavy atom. The molecule has 76 valence electrons. The molecule has 0 amide bonds. The van der Waals surface area contributed by atoms with E-state index in [1.807, 2.05) is 0 Å². The first kappa shape index (κ1) is 11.2. The molecule has 0 saturated carbocycles. The molecule has 0 fully saturated rings. The molecule has 0 aliphatic carbocycles. The lowest BCUT2D eigenvalue weighted by Gasteiger charge is -2.08. The molecule has 0 spiro atoms. The average Bonchev–Trinajstić information content (AvgIpc) is 2.26. The molecule has 0 heterocycles. The normalized spacial score (nSPS) is 9.86. The van der Waals surface area contributed by atoms with Crippen LogP contribution in [0.2, 0.25) is 0 Å². The van der Waals surface area contributed by atoms with E-state index in [2.05, 4.69) is 49.3 Å². The van der Waals surface area contributed by atoms with Gasteiger partial charge in [-0.2, -0.15) is 0 Å². The lowest BCUT2D eigenvalue weighted by Crippen LogP contribution is -2.11. The van der Waals surface area contributed by atoms with Gasteiger partial charge in [0.1, 0.15) is 0 Å². The van der Waals surface area contributed by atoms with Gasteiger partial charge in [0.2, 0.25) is 0 Å². The maximum absolute atomic E-state index is 4.00. The Labute approximate surface area is 90.6 Å². The zero-order chi connectivity index (χ0) is 10.4. The van der Waals surface area contributed by atoms with Crippen LogP contribution in [0.5, 0.6) is 0 Å². The van der Waals surface area contributed by atoms with E-state index in [-0.39, 0.29) is 0 Å². The van der Waals surface area contributed by atoms with Gasteiger partial charge in [-0.15, -0.1) is 11.8 Å². The van der Waals surface area contributed by atoms with E-state index in [9.17, 15) is 0 Å². The monoisotopic (exact) mass is 207 g/mol. The Hall–Kier alpha value is -0.890. The second-order valence-corrected chi connectivity index (χ2v) is 4.01. The Bertz CT molecular complexity index is 290. The molecule has 1 N–H and O–H groups in total. The van der Waals surface area contributed by atoms with Crippen molar-refractivity contribution in [1.29, 1.82) is 0 Å². The Kier molecular flexibility index (Phi) is 4.60. The van der Waals surface area contributed by atoms with Gasteiger partial charge in [-0.3, -0.25) is 0 Å². The maximum Gasteiger partial charge on any atom is 0.0340 e. The highest BCUT2D eigenvalue weighted by Crippen LogP contribution is 2.17. The largest absolute Gasteiger partial charge is 0.385 e. The summed E-state index contributed by atoms with van der Waals surface area (Å²) >= 11 is 1.76. The van der Waals surface area contributed by atoms with Crippen LogP contribution in [0, 0.1) is 0 Å². The number of benzene rings is 1. The molecule has 14 heavy (non-hydrogen) atoms. The van der Waals surface area contributed by atoms with Crippen molar-refractivity contribution in [3.63, 3.8) is 0 Å². The molecule has 1 aromatic rings. The molecule has 1 aromatic carbocycles. The summed E-state index contributed by atoms with van der Waals surface area (Å²) in [6, 6.07) is 8.46. The highest BCUT2D eigenvalue weighted by atomic mass is 32.2. The highest BCUT2D eigenvalue weighted by Gasteiger charge is 1.97. The molecule has 1 rings (SSSR count). The molecule has 0 radical (unpaired) electrons. The fraction of sp³-hybridized carbons (Fsp3) is 0.333. The SMILES string of the molecule is C=C(NCCC)c1ccc(SC)cc1. The maximum atomic E-state index is 4.00. The molecule has 0 aliphatic rings. The number of nitrogens with one attached hydrogen (secondary N) is 1. The summed E-state index contributed by atoms with van der Waals surface area (Å²) in [5, 5.41) is 3.28. The molecule has 0 aliphatic heterocycles. The van der Waals surface area contributed by atoms with Crippen LogP contribution < -0.4 is 5.32 Å². The summed E-state index contributed by atoms with van der Waals surface area (Å²) in [4.78, 5) is 1.29. The quantitative estimate of drug-likeness (QED) is 0.743. The average molecular weight is 207 g/mol. The van der Waals surface area contributed by atoms with E-state index in [1.54, 1.807) is 11.8 Å². The van der Waals surface area contributed by atoms with Crippen molar-refractivity contribution in [1.82, 2.24) is 5.32 Å². The summed E-state index contributed by atoms with van der Waals surface area (Å²) in [7, 11) is 0. The van der Waals surface area contributed by atoms with Gasteiger partial charge in [0.05, 0.1) is 0 Å². The molecule has 0 unspecified atom stereocenters. The Morgan fingerprint density at radius 1 is 1.36 bits per heavy atom. The molecule has 1 nitrogen and oxygen atoms in total. The third kappa shape index (κ3) is 3.11. The molecule has 0 saturated heterocycles. The summed E-state index contributed by atoms with van der Waals surface area (Å²) in [6.45, 7) is 7.14. The van der Waals surface area contributed by atoms with Gasteiger partial charge in [0, 0.05) is 17.1 Å². The second kappa shape index (κ2) is 5.76. The van der Waals surface area contributed by atoms with Gasteiger partial charge in [-0.05, 0) is 30.4 Å². The number of hydrogen-bond acceptors (Lipinski definition) is 2. The van der Waals surface area contributed by atoms with Crippen LogP contribution in [0.25, 0.3) is 5.70 Å². The van der Waals surface area contributed by atoms with E-state index in [1.165, 1.54) is 10.5 Å². The fourth-order valence-corrected chi connectivity index (χ4v) is 1.58. The summed E-state index contributed by atoms with van der Waals surface area (Å²) in [5.74, 6) is 0. The Balaban J connectivity index is 2.62. The van der Waals surface area contributed by atoms with Crippen molar-refractivity contribution in [2.24, 2.45) is 0 Å². The first-order valence-corrected chi connectivity index (χ1v) is 6.07. The van der Waals surface area contributed by atoms with Crippen molar-refractivity contribution in [2.75, 3.05) is 12.8 Å². The molecule has 0 aromatic heterocycles. The standard InChI is InChI=1S/C12H17NS/c1-4-9-13-10(2)11-5-7-12(14-3)8-6-11/h5-8,13H,2,4,9H2,1,3H3. The third-order valence-corrected chi connectivity index (χ3v) is 2.77. The summed E-state index contributed by atoms with van der Waals surface area (Å²) in [5.41, 5.74) is 2.19. The van der Waals surface area contributed by atoms with Crippen LogP contribution in [0.3, 0.4) is 0 Å². The number of thioether (sulfide) groups is 1. The zero-order valence-electron chi connectivity index (χ0n) is 8.84. The van der Waals surface area contributed by atoms with E-state index < -0.39 is 0 Å². The van der Waals surface area contributed by atoms with E-state index in [0.717, 1.165) is 18.7 Å². The predicted molar refractivity (Wildman–Crippen MR) is 65.6 cm³/mol. The molecule has 2 heteroatoms. The van der Waals surface area contributed by atoms with Gasteiger partial charge in [0.25, 0.3) is 0 Å². The van der Waals surface area contributed by atoms with Crippen LogP contribution in [0.4, 0.5) is 0 Å². The molecular formula is C12H17NS. The Morgan fingerprint density at radius 2 is 2.00 bits per heavy atom. The van der Waals surface area contributed by atoms with Crippen molar-refractivity contribution >= 4 is 17.5 Å². The van der Waals surface area contributed by atoms with Crippen LogP contribution >= 0.6 is 11.8 Å². The van der Waals surface area contributed by atoms with Gasteiger partial charge in [-0.1, -0.05) is 25.6 Å². The molecular weight excluding hydrogens is 190 g/mol. The van der Waals surface area contributed by atoms with Crippen LogP contribution in [0.15, 0.2) is 35.7 Å². The van der Waals surface area contributed by atoms with Crippen molar-refractivity contribution in [3.8, 4) is 0 Å².